The van der Waals surface area contributed by atoms with Crippen molar-refractivity contribution in [3.63, 3.8) is 0 Å². The number of rotatable bonds is 10. The zero-order valence-electron chi connectivity index (χ0n) is 26.6. The fourth-order valence-electron chi connectivity index (χ4n) is 6.27. The van der Waals surface area contributed by atoms with Crippen LogP contribution in [0.4, 0.5) is 0 Å². The highest BCUT2D eigenvalue weighted by molar-refractivity contribution is 6.41. The summed E-state index contributed by atoms with van der Waals surface area (Å²) in [7, 11) is 0. The summed E-state index contributed by atoms with van der Waals surface area (Å²) in [5.74, 6) is -4.09. The Kier molecular flexibility index (Phi) is 9.84. The van der Waals surface area contributed by atoms with Crippen LogP contribution >= 0.6 is 0 Å². The Bertz CT molecular complexity index is 1720. The number of nitrogens with one attached hydrogen (secondary N) is 1. The lowest BCUT2D eigenvalue weighted by Gasteiger charge is -2.27. The Morgan fingerprint density at radius 1 is 1.11 bits per heavy atom. The van der Waals surface area contributed by atoms with E-state index in [9.17, 15) is 29.1 Å². The van der Waals surface area contributed by atoms with Gasteiger partial charge in [0.05, 0.1) is 35.0 Å². The van der Waals surface area contributed by atoms with Crippen LogP contribution < -0.4 is 11.1 Å². The van der Waals surface area contributed by atoms with Crippen molar-refractivity contribution in [2.45, 2.75) is 89.4 Å². The zero-order chi connectivity index (χ0) is 33.9. The van der Waals surface area contributed by atoms with Crippen LogP contribution in [-0.4, -0.2) is 88.7 Å². The van der Waals surface area contributed by atoms with Crippen LogP contribution in [0.3, 0.4) is 0 Å². The predicted octanol–water partition coefficient (Wildman–Crippen LogP) is 1.40. The largest absolute Gasteiger partial charge is 0.384 e. The first-order chi connectivity index (χ1) is 22.3. The summed E-state index contributed by atoms with van der Waals surface area (Å²) < 4.78 is 1.47. The van der Waals surface area contributed by atoms with Gasteiger partial charge in [-0.05, 0) is 57.4 Å². The Hall–Kier alpha value is -4.92. The van der Waals surface area contributed by atoms with E-state index in [0.717, 1.165) is 32.1 Å². The van der Waals surface area contributed by atoms with Gasteiger partial charge in [0.25, 0.3) is 17.7 Å². The molecule has 1 saturated carbocycles. The van der Waals surface area contributed by atoms with Crippen LogP contribution in [0.1, 0.15) is 87.9 Å². The highest BCUT2D eigenvalue weighted by Gasteiger charge is 2.44. The molecule has 3 atom stereocenters. The fraction of sp³-hybridized carbons (Fsp3) is 0.500. The number of carbonyl (C=O) groups is 5. The quantitative estimate of drug-likeness (QED) is 0.213. The number of aliphatic hydroxyl groups is 1. The highest BCUT2D eigenvalue weighted by atomic mass is 16.3. The number of ketones is 1. The number of pyridine rings is 2. The monoisotopic (exact) mass is 645 g/mol. The molecule has 0 bridgehead atoms. The molecule has 2 fully saturated rings. The molecule has 1 aliphatic carbocycles. The van der Waals surface area contributed by atoms with Gasteiger partial charge in [-0.2, -0.15) is 0 Å². The van der Waals surface area contributed by atoms with Crippen molar-refractivity contribution in [1.82, 2.24) is 35.2 Å². The number of hydrogen-bond donors (Lipinski definition) is 3. The molecule has 1 unspecified atom stereocenters. The molecule has 0 radical (unpaired) electrons. The topological polar surface area (TPSA) is 216 Å². The maximum Gasteiger partial charge on any atom is 0.296 e. The molecular weight excluding hydrogens is 606 g/mol. The number of nitrogens with two attached hydrogens (primary N) is 1. The number of carbonyl (C=O) groups excluding carboxylic acids is 5. The molecule has 47 heavy (non-hydrogen) atoms. The standard InChI is InChI=1S/C32H39N9O6/c1-18(27(42)28(33)43)36-30(45)25-15-20(41-26(16-35-39-41)32(2,3)47)17-40(25)31(46)24(14-19-8-5-4-6-9-19)38-29(44)23-12-11-21-22(37-23)10-7-13-34-21/h7,10-13,16,18-20,25,47H,4-6,8-9,14-15,17H2,1-3H3,(H2,33,43)(H,36,45)/t18?,20-,25-/m0/s1. The first-order valence-corrected chi connectivity index (χ1v) is 15.7. The molecule has 4 amide bonds. The van der Waals surface area contributed by atoms with Crippen molar-refractivity contribution in [2.75, 3.05) is 6.54 Å². The first kappa shape index (κ1) is 33.4. The zero-order valence-corrected chi connectivity index (χ0v) is 26.6. The van der Waals surface area contributed by atoms with Crippen molar-refractivity contribution in [1.29, 1.82) is 0 Å². The molecule has 2 aliphatic rings. The van der Waals surface area contributed by atoms with Crippen LogP contribution in [0.5, 0.6) is 0 Å². The molecule has 1 aliphatic heterocycles. The van der Waals surface area contributed by atoms with Crippen molar-refractivity contribution in [3.8, 4) is 0 Å². The molecule has 4 N–H and O–H groups in total. The lowest BCUT2D eigenvalue weighted by Crippen LogP contribution is -2.52. The van der Waals surface area contributed by atoms with Crippen LogP contribution in [-0.2, 0) is 24.8 Å². The summed E-state index contributed by atoms with van der Waals surface area (Å²) in [6.45, 7) is 4.44. The summed E-state index contributed by atoms with van der Waals surface area (Å²) >= 11 is 0. The minimum atomic E-state index is -1.33. The smallest absolute Gasteiger partial charge is 0.296 e. The third kappa shape index (κ3) is 7.56. The Morgan fingerprint density at radius 3 is 2.55 bits per heavy atom. The molecule has 4 heterocycles. The molecule has 3 aromatic heterocycles. The van der Waals surface area contributed by atoms with E-state index < -0.39 is 53.1 Å². The van der Waals surface area contributed by atoms with E-state index in [-0.39, 0.29) is 36.7 Å². The van der Waals surface area contributed by atoms with Crippen LogP contribution in [0.25, 0.3) is 11.0 Å². The minimum absolute atomic E-state index is 0.00371. The molecule has 0 spiro atoms. The summed E-state index contributed by atoms with van der Waals surface area (Å²) in [5.41, 5.74) is 5.33. The normalized spacial score (nSPS) is 19.8. The number of Topliss-reactive ketones (excluding diaryl/α,β-unsaturated/α-hetero) is 1. The second kappa shape index (κ2) is 13.8. The first-order valence-electron chi connectivity index (χ1n) is 15.7. The molecular formula is C32H39N9O6. The Morgan fingerprint density at radius 2 is 1.85 bits per heavy atom. The number of aromatic nitrogens is 5. The second-order valence-electron chi connectivity index (χ2n) is 12.8. The van der Waals surface area contributed by atoms with Crippen molar-refractivity contribution in [2.24, 2.45) is 16.6 Å². The lowest BCUT2D eigenvalue weighted by molar-refractivity contribution is -0.139. The average molecular weight is 646 g/mol. The van der Waals surface area contributed by atoms with E-state index in [1.54, 1.807) is 38.2 Å². The van der Waals surface area contributed by atoms with E-state index in [4.69, 9.17) is 5.73 Å². The van der Waals surface area contributed by atoms with Crippen LogP contribution in [0.2, 0.25) is 0 Å². The van der Waals surface area contributed by atoms with Gasteiger partial charge >= 0.3 is 0 Å². The van der Waals surface area contributed by atoms with Crippen LogP contribution in [0, 0.1) is 5.92 Å². The maximum absolute atomic E-state index is 14.4. The minimum Gasteiger partial charge on any atom is -0.384 e. The summed E-state index contributed by atoms with van der Waals surface area (Å²) in [6.07, 6.45) is 8.12. The van der Waals surface area contributed by atoms with Gasteiger partial charge in [-0.15, -0.1) is 5.10 Å². The van der Waals surface area contributed by atoms with E-state index in [1.165, 1.54) is 28.8 Å². The highest BCUT2D eigenvalue weighted by Crippen LogP contribution is 2.33. The molecule has 1 saturated heterocycles. The van der Waals surface area contributed by atoms with Gasteiger partial charge in [0.2, 0.25) is 11.7 Å². The van der Waals surface area contributed by atoms with Crippen molar-refractivity contribution >= 4 is 46.2 Å². The van der Waals surface area contributed by atoms with E-state index in [2.05, 4.69) is 30.6 Å². The Balaban J connectivity index is 1.50. The van der Waals surface area contributed by atoms with E-state index >= 15 is 0 Å². The number of likely N-dealkylation sites (tertiary alicyclic amines) is 1. The number of hydrogen-bond acceptors (Lipinski definition) is 10. The van der Waals surface area contributed by atoms with E-state index in [1.807, 2.05) is 0 Å². The van der Waals surface area contributed by atoms with Gasteiger partial charge in [0.1, 0.15) is 23.0 Å². The van der Waals surface area contributed by atoms with Gasteiger partial charge in [-0.3, -0.25) is 29.0 Å². The molecule has 15 nitrogen and oxygen atoms in total. The molecule has 248 valence electrons. The van der Waals surface area contributed by atoms with Gasteiger partial charge in [-0.25, -0.2) is 14.7 Å². The maximum atomic E-state index is 14.4. The number of aliphatic imine (C=N–C) groups is 1. The molecule has 15 heteroatoms. The lowest BCUT2D eigenvalue weighted by atomic mass is 9.85. The molecule has 3 aromatic rings. The molecule has 5 rings (SSSR count). The van der Waals surface area contributed by atoms with Gasteiger partial charge in [0.15, 0.2) is 0 Å². The third-order valence-electron chi connectivity index (χ3n) is 8.75. The Labute approximate surface area is 271 Å². The summed E-state index contributed by atoms with van der Waals surface area (Å²) in [6, 6.07) is 3.63. The summed E-state index contributed by atoms with van der Waals surface area (Å²) in [4.78, 5) is 79.5. The molecule has 0 aromatic carbocycles. The van der Waals surface area contributed by atoms with Gasteiger partial charge in [-0.1, -0.05) is 37.3 Å². The second-order valence-corrected chi connectivity index (χ2v) is 12.8. The number of amides is 4. The number of primary amides is 1. The van der Waals surface area contributed by atoms with Gasteiger partial charge in [0, 0.05) is 19.2 Å². The summed E-state index contributed by atoms with van der Waals surface area (Å²) in [5, 5.41) is 21.3. The average Bonchev–Trinajstić information content (AvgIpc) is 3.72. The number of fused-ring (bicyclic) bond motifs is 1. The fourth-order valence-corrected chi connectivity index (χ4v) is 6.27. The third-order valence-corrected chi connectivity index (χ3v) is 8.75. The predicted molar refractivity (Wildman–Crippen MR) is 169 cm³/mol. The SMILES string of the molecule is CC(NC(=O)[C@@H]1C[C@H](n2nncc2C(C)(C)O)CN1C(=O)C(CC1CCCCC1)=NC(=O)c1ccc2ncccc2n1)C(=O)C(N)=O. The van der Waals surface area contributed by atoms with Crippen molar-refractivity contribution < 1.29 is 29.1 Å². The van der Waals surface area contributed by atoms with E-state index in [0.29, 0.717) is 16.7 Å². The number of nitrogens with zero attached hydrogens (tertiary/aromatic N) is 7. The van der Waals surface area contributed by atoms with Crippen LogP contribution in [0.15, 0.2) is 41.7 Å². The van der Waals surface area contributed by atoms with Crippen molar-refractivity contribution in [3.05, 3.63) is 48.0 Å². The van der Waals surface area contributed by atoms with Gasteiger partial charge < -0.3 is 21.1 Å².